The second-order valence-electron chi connectivity index (χ2n) is 5.81. The molecule has 0 saturated carbocycles. The lowest BCUT2D eigenvalue weighted by molar-refractivity contribution is -0.117. The summed E-state index contributed by atoms with van der Waals surface area (Å²) in [5, 5.41) is 4.98. The van der Waals surface area contributed by atoms with Gasteiger partial charge in [-0.3, -0.25) is 4.79 Å². The highest BCUT2D eigenvalue weighted by Crippen LogP contribution is 2.27. The summed E-state index contributed by atoms with van der Waals surface area (Å²) in [5.41, 5.74) is 1.28. The van der Waals surface area contributed by atoms with Crippen LogP contribution in [0.25, 0.3) is 10.8 Å². The minimum Gasteiger partial charge on any atom is -0.497 e. The molecule has 0 aliphatic rings. The fourth-order valence-corrected chi connectivity index (χ4v) is 2.84. The molecule has 0 aromatic heterocycles. The predicted molar refractivity (Wildman–Crippen MR) is 99.0 cm³/mol. The van der Waals surface area contributed by atoms with Gasteiger partial charge in [-0.1, -0.05) is 35.9 Å². The number of nitrogens with one attached hydrogen (secondary N) is 1. The van der Waals surface area contributed by atoms with E-state index in [0.717, 1.165) is 22.1 Å². The molecule has 1 N–H and O–H groups in total. The highest BCUT2D eigenvalue weighted by atomic mass is 35.5. The topological polar surface area (TPSA) is 38.3 Å². The molecule has 5 heteroatoms. The number of amides is 1. The molecule has 0 heterocycles. The Bertz CT molecular complexity index is 942. The summed E-state index contributed by atoms with van der Waals surface area (Å²) in [5.74, 6) is -0.244. The van der Waals surface area contributed by atoms with Gasteiger partial charge in [-0.2, -0.15) is 0 Å². The van der Waals surface area contributed by atoms with Crippen molar-refractivity contribution in [3.8, 4) is 5.75 Å². The van der Waals surface area contributed by atoms with Crippen LogP contribution in [0.5, 0.6) is 5.75 Å². The van der Waals surface area contributed by atoms with Gasteiger partial charge in [-0.15, -0.1) is 0 Å². The Hall–Kier alpha value is -2.59. The standard InChI is InChI=1S/C20H17ClFNO2/c1-12(20(24)23-19-8-6-16(22)11-18(19)21)13-3-4-15-10-17(25-2)7-5-14(15)9-13/h3-12H,1-2H3,(H,23,24). The quantitative estimate of drug-likeness (QED) is 0.680. The number of carbonyl (C=O) groups is 1. The Morgan fingerprint density at radius 1 is 1.08 bits per heavy atom. The predicted octanol–water partition coefficient (Wildman–Crippen LogP) is 5.38. The molecule has 0 fully saturated rings. The number of anilines is 1. The van der Waals surface area contributed by atoms with Gasteiger partial charge in [0.2, 0.25) is 5.91 Å². The molecule has 3 aromatic rings. The van der Waals surface area contributed by atoms with Crippen molar-refractivity contribution >= 4 is 34.0 Å². The minimum absolute atomic E-state index is 0.172. The number of halogens is 2. The van der Waals surface area contributed by atoms with Crippen LogP contribution >= 0.6 is 11.6 Å². The van der Waals surface area contributed by atoms with Gasteiger partial charge >= 0.3 is 0 Å². The van der Waals surface area contributed by atoms with Crippen LogP contribution < -0.4 is 10.1 Å². The van der Waals surface area contributed by atoms with Crippen molar-refractivity contribution in [2.75, 3.05) is 12.4 Å². The van der Waals surface area contributed by atoms with Gasteiger partial charge < -0.3 is 10.1 Å². The van der Waals surface area contributed by atoms with Gasteiger partial charge in [-0.05, 0) is 53.6 Å². The molecule has 3 aromatic carbocycles. The number of methoxy groups -OCH3 is 1. The molecule has 1 atom stereocenters. The minimum atomic E-state index is -0.444. The average molecular weight is 358 g/mol. The van der Waals surface area contributed by atoms with Crippen molar-refractivity contribution in [2.24, 2.45) is 0 Å². The Morgan fingerprint density at radius 2 is 1.80 bits per heavy atom. The largest absolute Gasteiger partial charge is 0.497 e. The summed E-state index contributed by atoms with van der Waals surface area (Å²) >= 11 is 5.96. The Morgan fingerprint density at radius 3 is 2.52 bits per heavy atom. The molecule has 0 bridgehead atoms. The summed E-state index contributed by atoms with van der Waals surface area (Å²) in [6.07, 6.45) is 0. The van der Waals surface area contributed by atoms with Gasteiger partial charge in [0.25, 0.3) is 0 Å². The maximum atomic E-state index is 13.1. The number of fused-ring (bicyclic) bond motifs is 1. The molecule has 0 aliphatic carbocycles. The van der Waals surface area contributed by atoms with E-state index in [9.17, 15) is 9.18 Å². The molecule has 0 radical (unpaired) electrons. The van der Waals surface area contributed by atoms with Crippen molar-refractivity contribution in [3.05, 3.63) is 71.0 Å². The van der Waals surface area contributed by atoms with Crippen LogP contribution in [0.3, 0.4) is 0 Å². The van der Waals surface area contributed by atoms with Crippen LogP contribution in [-0.4, -0.2) is 13.0 Å². The van der Waals surface area contributed by atoms with Crippen LogP contribution in [0.15, 0.2) is 54.6 Å². The highest BCUT2D eigenvalue weighted by Gasteiger charge is 2.17. The molecule has 0 aliphatic heterocycles. The van der Waals surface area contributed by atoms with Crippen LogP contribution in [0.1, 0.15) is 18.4 Å². The first kappa shape index (κ1) is 17.2. The van der Waals surface area contributed by atoms with E-state index in [2.05, 4.69) is 5.32 Å². The highest BCUT2D eigenvalue weighted by molar-refractivity contribution is 6.33. The summed E-state index contributed by atoms with van der Waals surface area (Å²) in [6.45, 7) is 1.82. The molecule has 1 amide bonds. The van der Waals surface area contributed by atoms with E-state index < -0.39 is 5.82 Å². The fraction of sp³-hybridized carbons (Fsp3) is 0.150. The number of hydrogen-bond acceptors (Lipinski definition) is 2. The number of hydrogen-bond donors (Lipinski definition) is 1. The van der Waals surface area contributed by atoms with Crippen LogP contribution in [0.2, 0.25) is 5.02 Å². The first-order valence-corrected chi connectivity index (χ1v) is 8.19. The van der Waals surface area contributed by atoms with Crippen molar-refractivity contribution in [1.29, 1.82) is 0 Å². The van der Waals surface area contributed by atoms with Crippen LogP contribution in [0, 0.1) is 5.82 Å². The SMILES string of the molecule is COc1ccc2cc(C(C)C(=O)Nc3ccc(F)cc3Cl)ccc2c1. The van der Waals surface area contributed by atoms with Crippen molar-refractivity contribution in [2.45, 2.75) is 12.8 Å². The molecule has 3 rings (SSSR count). The van der Waals surface area contributed by atoms with Crippen LogP contribution in [-0.2, 0) is 4.79 Å². The van der Waals surface area contributed by atoms with Crippen molar-refractivity contribution in [3.63, 3.8) is 0 Å². The molecule has 1 unspecified atom stereocenters. The second-order valence-corrected chi connectivity index (χ2v) is 6.21. The average Bonchev–Trinajstić information content (AvgIpc) is 2.62. The third-order valence-electron chi connectivity index (χ3n) is 4.15. The summed E-state index contributed by atoms with van der Waals surface area (Å²) < 4.78 is 18.3. The zero-order chi connectivity index (χ0) is 18.0. The molecular weight excluding hydrogens is 341 g/mol. The third kappa shape index (κ3) is 3.74. The van der Waals surface area contributed by atoms with E-state index in [0.29, 0.717) is 5.69 Å². The molecule has 0 saturated heterocycles. The summed E-state index contributed by atoms with van der Waals surface area (Å²) in [4.78, 5) is 12.5. The third-order valence-corrected chi connectivity index (χ3v) is 4.47. The van der Waals surface area contributed by atoms with Crippen molar-refractivity contribution in [1.82, 2.24) is 0 Å². The van der Waals surface area contributed by atoms with E-state index in [1.807, 2.05) is 43.3 Å². The summed E-state index contributed by atoms with van der Waals surface area (Å²) in [7, 11) is 1.63. The van der Waals surface area contributed by atoms with Crippen molar-refractivity contribution < 1.29 is 13.9 Å². The van der Waals surface area contributed by atoms with E-state index >= 15 is 0 Å². The maximum Gasteiger partial charge on any atom is 0.231 e. The lowest BCUT2D eigenvalue weighted by Crippen LogP contribution is -2.19. The lowest BCUT2D eigenvalue weighted by atomic mass is 9.97. The van der Waals surface area contributed by atoms with Gasteiger partial charge in [0, 0.05) is 0 Å². The van der Waals surface area contributed by atoms with Gasteiger partial charge in [0.05, 0.1) is 23.7 Å². The Balaban J connectivity index is 1.82. The van der Waals surface area contributed by atoms with E-state index in [1.165, 1.54) is 18.2 Å². The first-order valence-electron chi connectivity index (χ1n) is 7.81. The molecule has 3 nitrogen and oxygen atoms in total. The van der Waals surface area contributed by atoms with Crippen LogP contribution in [0.4, 0.5) is 10.1 Å². The zero-order valence-corrected chi connectivity index (χ0v) is 14.6. The molecule has 128 valence electrons. The molecule has 0 spiro atoms. The maximum absolute atomic E-state index is 13.1. The smallest absolute Gasteiger partial charge is 0.231 e. The number of benzene rings is 3. The second kappa shape index (κ2) is 7.11. The van der Waals surface area contributed by atoms with Gasteiger partial charge in [0.15, 0.2) is 0 Å². The normalized spacial score (nSPS) is 12.0. The van der Waals surface area contributed by atoms with Gasteiger partial charge in [0.1, 0.15) is 11.6 Å². The Kier molecular flexibility index (Phi) is 4.91. The number of ether oxygens (including phenoxy) is 1. The number of carbonyl (C=O) groups excluding carboxylic acids is 1. The fourth-order valence-electron chi connectivity index (χ4n) is 2.62. The van der Waals surface area contributed by atoms with E-state index in [4.69, 9.17) is 16.3 Å². The molecule has 25 heavy (non-hydrogen) atoms. The first-order chi connectivity index (χ1) is 12.0. The summed E-state index contributed by atoms with van der Waals surface area (Å²) in [6, 6.07) is 15.5. The monoisotopic (exact) mass is 357 g/mol. The van der Waals surface area contributed by atoms with Gasteiger partial charge in [-0.25, -0.2) is 4.39 Å². The molecular formula is C20H17ClFNO2. The van der Waals surface area contributed by atoms with E-state index in [-0.39, 0.29) is 16.8 Å². The van der Waals surface area contributed by atoms with E-state index in [1.54, 1.807) is 7.11 Å². The zero-order valence-electron chi connectivity index (χ0n) is 13.8. The number of rotatable bonds is 4. The Labute approximate surface area is 150 Å². The lowest BCUT2D eigenvalue weighted by Gasteiger charge is -2.14.